The van der Waals surface area contributed by atoms with Crippen molar-refractivity contribution in [3.05, 3.63) is 0 Å². The van der Waals surface area contributed by atoms with Gasteiger partial charge in [0.1, 0.15) is 0 Å². The van der Waals surface area contributed by atoms with Gasteiger partial charge in [0.2, 0.25) is 0 Å². The quantitative estimate of drug-likeness (QED) is 0.592. The monoisotopic (exact) mass is 188 g/mol. The highest BCUT2D eigenvalue weighted by molar-refractivity contribution is 7.80. The van der Waals surface area contributed by atoms with E-state index >= 15 is 0 Å². The van der Waals surface area contributed by atoms with E-state index in [0.29, 0.717) is 0 Å². The van der Waals surface area contributed by atoms with E-state index in [4.69, 9.17) is 17.0 Å². The molecule has 0 radical (unpaired) electrons. The SMILES string of the molecule is CNC(=S)NC1(C)CCOCC1. The van der Waals surface area contributed by atoms with Crippen LogP contribution in [0.15, 0.2) is 0 Å². The van der Waals surface area contributed by atoms with E-state index < -0.39 is 0 Å². The molecule has 2 N–H and O–H groups in total. The van der Waals surface area contributed by atoms with Crippen LogP contribution in [0.5, 0.6) is 0 Å². The normalized spacial score (nSPS) is 21.5. The molecule has 0 bridgehead atoms. The van der Waals surface area contributed by atoms with Gasteiger partial charge in [-0.3, -0.25) is 0 Å². The second-order valence-electron chi connectivity index (χ2n) is 3.38. The Hall–Kier alpha value is -0.350. The van der Waals surface area contributed by atoms with Crippen LogP contribution in [0.25, 0.3) is 0 Å². The molecule has 1 rings (SSSR count). The topological polar surface area (TPSA) is 33.3 Å². The van der Waals surface area contributed by atoms with E-state index in [1.165, 1.54) is 0 Å². The summed E-state index contributed by atoms with van der Waals surface area (Å²) in [5, 5.41) is 6.92. The molecule has 0 saturated carbocycles. The molecule has 0 atom stereocenters. The Morgan fingerprint density at radius 3 is 2.50 bits per heavy atom. The van der Waals surface area contributed by atoms with Gasteiger partial charge < -0.3 is 15.4 Å². The maximum absolute atomic E-state index is 5.28. The van der Waals surface area contributed by atoms with Gasteiger partial charge >= 0.3 is 0 Å². The smallest absolute Gasteiger partial charge is 0.166 e. The first kappa shape index (κ1) is 9.74. The van der Waals surface area contributed by atoms with Crippen LogP contribution < -0.4 is 10.6 Å². The maximum atomic E-state index is 5.28. The number of hydrogen-bond donors (Lipinski definition) is 2. The fraction of sp³-hybridized carbons (Fsp3) is 0.875. The number of thiocarbonyl (C=S) groups is 1. The Kier molecular flexibility index (Phi) is 3.29. The third-order valence-electron chi connectivity index (χ3n) is 2.24. The van der Waals surface area contributed by atoms with E-state index in [0.717, 1.165) is 31.2 Å². The van der Waals surface area contributed by atoms with Crippen LogP contribution in [0, 0.1) is 0 Å². The van der Waals surface area contributed by atoms with Gasteiger partial charge in [-0.25, -0.2) is 0 Å². The summed E-state index contributed by atoms with van der Waals surface area (Å²) in [6.07, 6.45) is 2.05. The summed E-state index contributed by atoms with van der Waals surface area (Å²) in [6.45, 7) is 3.84. The minimum Gasteiger partial charge on any atom is -0.381 e. The highest BCUT2D eigenvalue weighted by Gasteiger charge is 2.27. The Labute approximate surface area is 78.9 Å². The summed E-state index contributed by atoms with van der Waals surface area (Å²) < 4.78 is 5.28. The van der Waals surface area contributed by atoms with E-state index in [-0.39, 0.29) is 5.54 Å². The Morgan fingerprint density at radius 1 is 1.42 bits per heavy atom. The molecule has 4 heteroatoms. The van der Waals surface area contributed by atoms with Gasteiger partial charge in [0.05, 0.1) is 0 Å². The molecular formula is C8H16N2OS. The van der Waals surface area contributed by atoms with Crippen molar-refractivity contribution in [2.45, 2.75) is 25.3 Å². The summed E-state index contributed by atoms with van der Waals surface area (Å²) in [6, 6.07) is 0. The molecule has 0 aromatic heterocycles. The minimum atomic E-state index is 0.123. The predicted molar refractivity (Wildman–Crippen MR) is 53.3 cm³/mol. The molecule has 1 aliphatic heterocycles. The molecule has 1 saturated heterocycles. The molecule has 3 nitrogen and oxygen atoms in total. The van der Waals surface area contributed by atoms with Gasteiger partial charge in [-0.15, -0.1) is 0 Å². The van der Waals surface area contributed by atoms with Gasteiger partial charge in [0.25, 0.3) is 0 Å². The lowest BCUT2D eigenvalue weighted by Crippen LogP contribution is -2.52. The minimum absolute atomic E-state index is 0.123. The lowest BCUT2D eigenvalue weighted by atomic mass is 9.93. The Balaban J connectivity index is 2.41. The molecule has 0 unspecified atom stereocenters. The second-order valence-corrected chi connectivity index (χ2v) is 3.79. The fourth-order valence-corrected chi connectivity index (χ4v) is 1.53. The average molecular weight is 188 g/mol. The van der Waals surface area contributed by atoms with E-state index in [1.807, 2.05) is 7.05 Å². The number of hydrogen-bond acceptors (Lipinski definition) is 2. The first-order valence-electron chi connectivity index (χ1n) is 4.24. The van der Waals surface area contributed by atoms with Gasteiger partial charge in [-0.05, 0) is 32.0 Å². The zero-order chi connectivity index (χ0) is 9.03. The molecule has 1 fully saturated rings. The highest BCUT2D eigenvalue weighted by Crippen LogP contribution is 2.19. The summed E-state index contributed by atoms with van der Waals surface area (Å²) >= 11 is 5.04. The first-order valence-corrected chi connectivity index (χ1v) is 4.65. The van der Waals surface area contributed by atoms with Crippen LogP contribution in [0.3, 0.4) is 0 Å². The van der Waals surface area contributed by atoms with Crippen molar-refractivity contribution in [2.75, 3.05) is 20.3 Å². The molecule has 1 heterocycles. The summed E-state index contributed by atoms with van der Waals surface area (Å²) in [7, 11) is 1.83. The lowest BCUT2D eigenvalue weighted by molar-refractivity contribution is 0.0524. The summed E-state index contributed by atoms with van der Waals surface area (Å²) in [4.78, 5) is 0. The molecule has 0 spiro atoms. The van der Waals surface area contributed by atoms with Crippen molar-refractivity contribution >= 4 is 17.3 Å². The fourth-order valence-electron chi connectivity index (χ4n) is 1.28. The number of nitrogens with one attached hydrogen (secondary N) is 2. The van der Waals surface area contributed by atoms with E-state index in [1.54, 1.807) is 0 Å². The van der Waals surface area contributed by atoms with E-state index in [2.05, 4.69) is 17.6 Å². The number of ether oxygens (including phenoxy) is 1. The molecule has 0 aromatic carbocycles. The van der Waals surface area contributed by atoms with Crippen molar-refractivity contribution in [2.24, 2.45) is 0 Å². The van der Waals surface area contributed by atoms with Gasteiger partial charge in [-0.2, -0.15) is 0 Å². The zero-order valence-electron chi connectivity index (χ0n) is 7.64. The van der Waals surface area contributed by atoms with Crippen molar-refractivity contribution in [1.82, 2.24) is 10.6 Å². The summed E-state index contributed by atoms with van der Waals surface area (Å²) in [5.41, 5.74) is 0.123. The van der Waals surface area contributed by atoms with Crippen LogP contribution in [0.2, 0.25) is 0 Å². The average Bonchev–Trinajstić information content (AvgIpc) is 2.05. The van der Waals surface area contributed by atoms with Crippen LogP contribution in [-0.4, -0.2) is 30.9 Å². The van der Waals surface area contributed by atoms with Crippen LogP contribution in [-0.2, 0) is 4.74 Å². The zero-order valence-corrected chi connectivity index (χ0v) is 8.46. The van der Waals surface area contributed by atoms with Gasteiger partial charge in [0.15, 0.2) is 5.11 Å². The van der Waals surface area contributed by atoms with Crippen molar-refractivity contribution in [3.8, 4) is 0 Å². The number of rotatable bonds is 1. The lowest BCUT2D eigenvalue weighted by Gasteiger charge is -2.35. The third kappa shape index (κ3) is 2.60. The van der Waals surface area contributed by atoms with Crippen molar-refractivity contribution in [1.29, 1.82) is 0 Å². The molecule has 0 amide bonds. The maximum Gasteiger partial charge on any atom is 0.166 e. The standard InChI is InChI=1S/C8H16N2OS/c1-8(10-7(12)9-2)3-5-11-6-4-8/h3-6H2,1-2H3,(H2,9,10,12). The van der Waals surface area contributed by atoms with Gasteiger partial charge in [-0.1, -0.05) is 0 Å². The van der Waals surface area contributed by atoms with Crippen molar-refractivity contribution in [3.63, 3.8) is 0 Å². The molecular weight excluding hydrogens is 172 g/mol. The Bertz CT molecular complexity index is 166. The van der Waals surface area contributed by atoms with Crippen LogP contribution in [0.1, 0.15) is 19.8 Å². The van der Waals surface area contributed by atoms with Crippen LogP contribution >= 0.6 is 12.2 Å². The predicted octanol–water partition coefficient (Wildman–Crippen LogP) is 0.649. The van der Waals surface area contributed by atoms with Crippen molar-refractivity contribution < 1.29 is 4.74 Å². The molecule has 0 aromatic rings. The van der Waals surface area contributed by atoms with Crippen LogP contribution in [0.4, 0.5) is 0 Å². The van der Waals surface area contributed by atoms with E-state index in [9.17, 15) is 0 Å². The molecule has 12 heavy (non-hydrogen) atoms. The molecule has 1 aliphatic rings. The third-order valence-corrected chi connectivity index (χ3v) is 2.54. The first-order chi connectivity index (χ1) is 5.66. The second kappa shape index (κ2) is 4.05. The molecule has 70 valence electrons. The Morgan fingerprint density at radius 2 is 2.00 bits per heavy atom. The van der Waals surface area contributed by atoms with Gasteiger partial charge in [0, 0.05) is 25.8 Å². The largest absolute Gasteiger partial charge is 0.381 e. The highest BCUT2D eigenvalue weighted by atomic mass is 32.1. The summed E-state index contributed by atoms with van der Waals surface area (Å²) in [5.74, 6) is 0. The molecule has 0 aliphatic carbocycles.